The van der Waals surface area contributed by atoms with Crippen molar-refractivity contribution in [2.24, 2.45) is 0 Å². The van der Waals surface area contributed by atoms with E-state index >= 15 is 0 Å². The van der Waals surface area contributed by atoms with Crippen LogP contribution < -0.4 is 4.74 Å². The molecule has 46 heavy (non-hydrogen) atoms. The predicted octanol–water partition coefficient (Wildman–Crippen LogP) is 11.4. The number of aromatic hydroxyl groups is 2. The molecule has 0 aliphatic rings. The Kier molecular flexibility index (Phi) is 20.2. The number of hydrogen-bond acceptors (Lipinski definition) is 4. The number of phenolic OH excluding ortho intramolecular Hbond substituents is 2. The summed E-state index contributed by atoms with van der Waals surface area (Å²) in [7, 11) is 0. The van der Waals surface area contributed by atoms with Crippen molar-refractivity contribution in [2.75, 3.05) is 0 Å². The van der Waals surface area contributed by atoms with Crippen molar-refractivity contribution in [2.45, 2.75) is 84.5 Å². The van der Waals surface area contributed by atoms with Gasteiger partial charge in [0.2, 0.25) is 0 Å². The molecule has 0 saturated carbocycles. The number of carbonyl (C=O) groups is 1. The fraction of sp³-hybridized carbons (Fsp3) is 0.310. The van der Waals surface area contributed by atoms with Gasteiger partial charge in [0.15, 0.2) is 0 Å². The monoisotopic (exact) mass is 620 g/mol. The van der Waals surface area contributed by atoms with Crippen LogP contribution in [0.5, 0.6) is 17.2 Å². The van der Waals surface area contributed by atoms with Crippen LogP contribution in [0.1, 0.15) is 87.8 Å². The van der Waals surface area contributed by atoms with E-state index in [4.69, 9.17) is 4.74 Å². The Morgan fingerprint density at radius 2 is 1.11 bits per heavy atom. The fourth-order valence-electron chi connectivity index (χ4n) is 4.69. The van der Waals surface area contributed by atoms with E-state index in [1.807, 2.05) is 104 Å². The van der Waals surface area contributed by atoms with Gasteiger partial charge in [0.25, 0.3) is 0 Å². The maximum absolute atomic E-state index is 12.5. The summed E-state index contributed by atoms with van der Waals surface area (Å²) in [5, 5.41) is 19.8. The van der Waals surface area contributed by atoms with E-state index in [2.05, 4.69) is 6.92 Å². The summed E-state index contributed by atoms with van der Waals surface area (Å²) in [6.07, 6.45) is 43.0. The molecular formula is C42H52O4. The minimum Gasteiger partial charge on any atom is -0.508 e. The van der Waals surface area contributed by atoms with E-state index in [1.165, 1.54) is 57.4 Å². The molecule has 0 spiro atoms. The Hall–Kier alpha value is -4.57. The molecule has 2 N–H and O–H groups in total. The van der Waals surface area contributed by atoms with E-state index in [-0.39, 0.29) is 11.5 Å². The number of ether oxygens (including phenoxy) is 1. The van der Waals surface area contributed by atoms with Gasteiger partial charge in [-0.2, -0.15) is 0 Å². The molecule has 0 aromatic heterocycles. The topological polar surface area (TPSA) is 66.8 Å². The normalized spacial score (nSPS) is 12.7. The maximum atomic E-state index is 12.5. The molecule has 0 fully saturated rings. The molecule has 0 bridgehead atoms. The van der Waals surface area contributed by atoms with Crippen molar-refractivity contribution in [3.05, 3.63) is 144 Å². The molecule has 0 amide bonds. The SMILES string of the molecule is CCCCCCCCCCCCc1c(O)cc(C)cc1OC(=O)/C=C/C=C/C=C/C=C/C=C/C=C/C=C/C=C/c1ccc(O)cc1. The van der Waals surface area contributed by atoms with Crippen LogP contribution >= 0.6 is 0 Å². The van der Waals surface area contributed by atoms with Crippen LogP contribution in [-0.2, 0) is 11.2 Å². The highest BCUT2D eigenvalue weighted by molar-refractivity contribution is 5.84. The Morgan fingerprint density at radius 3 is 1.65 bits per heavy atom. The highest BCUT2D eigenvalue weighted by Crippen LogP contribution is 2.31. The number of allylic oxidation sites excluding steroid dienone is 14. The third-order valence-electron chi connectivity index (χ3n) is 7.18. The number of aryl methyl sites for hydroxylation is 1. The third-order valence-corrected chi connectivity index (χ3v) is 7.18. The highest BCUT2D eigenvalue weighted by Gasteiger charge is 2.13. The van der Waals surface area contributed by atoms with Crippen LogP contribution in [0.3, 0.4) is 0 Å². The van der Waals surface area contributed by atoms with Gasteiger partial charge in [0.05, 0.1) is 0 Å². The lowest BCUT2D eigenvalue weighted by atomic mass is 10.0. The van der Waals surface area contributed by atoms with E-state index in [9.17, 15) is 15.0 Å². The second kappa shape index (κ2) is 24.7. The van der Waals surface area contributed by atoms with Gasteiger partial charge in [-0.25, -0.2) is 4.79 Å². The van der Waals surface area contributed by atoms with Gasteiger partial charge >= 0.3 is 5.97 Å². The molecule has 2 aromatic rings. The number of carbonyl (C=O) groups excluding carboxylic acids is 1. The van der Waals surface area contributed by atoms with E-state index < -0.39 is 5.97 Å². The Bertz CT molecular complexity index is 1380. The zero-order valence-corrected chi connectivity index (χ0v) is 27.7. The molecule has 0 saturated heterocycles. The molecule has 4 nitrogen and oxygen atoms in total. The number of benzene rings is 2. The first-order valence-corrected chi connectivity index (χ1v) is 16.7. The second-order valence-corrected chi connectivity index (χ2v) is 11.2. The molecule has 244 valence electrons. The van der Waals surface area contributed by atoms with Crippen molar-refractivity contribution < 1.29 is 19.7 Å². The summed E-state index contributed by atoms with van der Waals surface area (Å²) in [6, 6.07) is 10.6. The molecule has 0 unspecified atom stereocenters. The van der Waals surface area contributed by atoms with Crippen LogP contribution in [0.15, 0.2) is 128 Å². The summed E-state index contributed by atoms with van der Waals surface area (Å²) in [5.74, 6) is 0.432. The van der Waals surface area contributed by atoms with Crippen LogP contribution in [0, 0.1) is 6.92 Å². The molecule has 0 atom stereocenters. The zero-order valence-electron chi connectivity index (χ0n) is 27.7. The van der Waals surface area contributed by atoms with E-state index in [0.29, 0.717) is 17.7 Å². The van der Waals surface area contributed by atoms with Gasteiger partial charge in [0.1, 0.15) is 17.2 Å². The minimum absolute atomic E-state index is 0.194. The standard InChI is InChI=1S/C42H52O4/c1-3-4-5-6-7-8-16-19-22-25-28-39-40(44)34-36(2)35-41(39)46-42(45)29-26-23-20-17-14-12-10-9-11-13-15-18-21-24-27-37-30-32-38(43)33-31-37/h9-15,17-18,20-21,23-24,26-27,29-35,43-44H,3-8,16,19,22,25,28H2,1-2H3/b11-9+,12-10+,15-13+,17-14+,21-18+,23-20+,27-24+,29-26+. The summed E-state index contributed by atoms with van der Waals surface area (Å²) >= 11 is 0. The average molecular weight is 621 g/mol. The zero-order chi connectivity index (χ0) is 33.1. The molecule has 0 aliphatic heterocycles. The quantitative estimate of drug-likeness (QED) is 0.0479. The highest BCUT2D eigenvalue weighted by atomic mass is 16.5. The van der Waals surface area contributed by atoms with Gasteiger partial charge in [0, 0.05) is 11.6 Å². The van der Waals surface area contributed by atoms with Crippen molar-refractivity contribution in [3.8, 4) is 17.2 Å². The van der Waals surface area contributed by atoms with Gasteiger partial charge in [-0.3, -0.25) is 0 Å². The number of rotatable bonds is 21. The van der Waals surface area contributed by atoms with E-state index in [1.54, 1.807) is 30.4 Å². The first-order chi connectivity index (χ1) is 22.5. The maximum Gasteiger partial charge on any atom is 0.336 e. The molecule has 4 heteroatoms. The summed E-state index contributed by atoms with van der Waals surface area (Å²) < 4.78 is 5.61. The average Bonchev–Trinajstić information content (AvgIpc) is 3.03. The largest absolute Gasteiger partial charge is 0.508 e. The van der Waals surface area contributed by atoms with Crippen molar-refractivity contribution >= 4 is 12.0 Å². The van der Waals surface area contributed by atoms with Crippen LogP contribution in [-0.4, -0.2) is 16.2 Å². The predicted molar refractivity (Wildman–Crippen MR) is 195 cm³/mol. The molecule has 2 aromatic carbocycles. The molecule has 0 heterocycles. The van der Waals surface area contributed by atoms with Gasteiger partial charge in [-0.05, 0) is 55.2 Å². The summed E-state index contributed by atoms with van der Waals surface area (Å²) in [6.45, 7) is 4.13. The summed E-state index contributed by atoms with van der Waals surface area (Å²) in [4.78, 5) is 12.5. The second-order valence-electron chi connectivity index (χ2n) is 11.2. The number of esters is 1. The fourth-order valence-corrected chi connectivity index (χ4v) is 4.69. The van der Waals surface area contributed by atoms with Crippen molar-refractivity contribution in [3.63, 3.8) is 0 Å². The van der Waals surface area contributed by atoms with E-state index in [0.717, 1.165) is 24.0 Å². The van der Waals surface area contributed by atoms with Crippen molar-refractivity contribution in [1.29, 1.82) is 0 Å². The lowest BCUT2D eigenvalue weighted by molar-refractivity contribution is -0.129. The Labute approximate surface area is 277 Å². The molecule has 2 rings (SSSR count). The molecular weight excluding hydrogens is 568 g/mol. The number of hydrogen-bond donors (Lipinski definition) is 2. The van der Waals surface area contributed by atoms with Crippen LogP contribution in [0.25, 0.3) is 6.08 Å². The first-order valence-electron chi connectivity index (χ1n) is 16.7. The number of phenols is 2. The Balaban J connectivity index is 1.68. The van der Waals surface area contributed by atoms with Gasteiger partial charge in [-0.1, -0.05) is 168 Å². The minimum atomic E-state index is -0.468. The molecule has 0 radical (unpaired) electrons. The van der Waals surface area contributed by atoms with Crippen LogP contribution in [0.4, 0.5) is 0 Å². The summed E-state index contributed by atoms with van der Waals surface area (Å²) in [5.41, 5.74) is 2.59. The third kappa shape index (κ3) is 18.3. The molecule has 0 aliphatic carbocycles. The smallest absolute Gasteiger partial charge is 0.336 e. The lowest BCUT2D eigenvalue weighted by Gasteiger charge is -2.12. The first kappa shape index (κ1) is 37.6. The van der Waals surface area contributed by atoms with Crippen molar-refractivity contribution in [1.82, 2.24) is 0 Å². The van der Waals surface area contributed by atoms with Crippen LogP contribution in [0.2, 0.25) is 0 Å². The van der Waals surface area contributed by atoms with Gasteiger partial charge in [-0.15, -0.1) is 0 Å². The Morgan fingerprint density at radius 1 is 0.630 bits per heavy atom. The lowest BCUT2D eigenvalue weighted by Crippen LogP contribution is -2.06. The van der Waals surface area contributed by atoms with Gasteiger partial charge < -0.3 is 14.9 Å². The number of unbranched alkanes of at least 4 members (excludes halogenated alkanes) is 9.